The zero-order valence-electron chi connectivity index (χ0n) is 13.6. The summed E-state index contributed by atoms with van der Waals surface area (Å²) in [7, 11) is 0. The van der Waals surface area contributed by atoms with Gasteiger partial charge in [0.2, 0.25) is 0 Å². The molecule has 0 fully saturated rings. The normalized spacial score (nSPS) is 12.2. The van der Waals surface area contributed by atoms with Crippen LogP contribution in [0.5, 0.6) is 5.75 Å². The zero-order chi connectivity index (χ0) is 16.9. The standard InChI is InChI=1S/C19H20N2O3/c1-2-19(23)14-7-9-16(10-8-14)24-12-15(22)11-21-13-20-17-5-3-4-6-18(17)21/h3-10,13,15,22H,2,11-12H2,1H3/t15-/m0/s1. The van der Waals surface area contributed by atoms with E-state index in [1.165, 1.54) is 0 Å². The topological polar surface area (TPSA) is 64.3 Å². The Morgan fingerprint density at radius 1 is 1.21 bits per heavy atom. The number of hydrogen-bond acceptors (Lipinski definition) is 4. The van der Waals surface area contributed by atoms with E-state index < -0.39 is 6.10 Å². The predicted molar refractivity (Wildman–Crippen MR) is 92.3 cm³/mol. The van der Waals surface area contributed by atoms with Crippen molar-refractivity contribution in [3.8, 4) is 5.75 Å². The molecule has 0 spiro atoms. The fraction of sp³-hybridized carbons (Fsp3) is 0.263. The van der Waals surface area contributed by atoms with Gasteiger partial charge in [-0.05, 0) is 36.4 Å². The van der Waals surface area contributed by atoms with Gasteiger partial charge < -0.3 is 14.4 Å². The summed E-state index contributed by atoms with van der Waals surface area (Å²) in [6, 6.07) is 14.8. The van der Waals surface area contributed by atoms with Crippen LogP contribution in [0.4, 0.5) is 0 Å². The lowest BCUT2D eigenvalue weighted by atomic mass is 10.1. The highest BCUT2D eigenvalue weighted by atomic mass is 16.5. The summed E-state index contributed by atoms with van der Waals surface area (Å²) in [5, 5.41) is 10.2. The Bertz CT molecular complexity index is 824. The highest BCUT2D eigenvalue weighted by Crippen LogP contribution is 2.15. The van der Waals surface area contributed by atoms with Gasteiger partial charge >= 0.3 is 0 Å². The van der Waals surface area contributed by atoms with Crippen LogP contribution in [0.1, 0.15) is 23.7 Å². The van der Waals surface area contributed by atoms with Gasteiger partial charge in [0.25, 0.3) is 0 Å². The molecule has 1 heterocycles. The van der Waals surface area contributed by atoms with Gasteiger partial charge in [-0.2, -0.15) is 0 Å². The molecule has 2 aromatic carbocycles. The Morgan fingerprint density at radius 3 is 2.71 bits per heavy atom. The Balaban J connectivity index is 1.57. The number of Topliss-reactive ketones (excluding diaryl/α,β-unsaturated/α-hetero) is 1. The smallest absolute Gasteiger partial charge is 0.162 e. The van der Waals surface area contributed by atoms with Crippen LogP contribution in [0.25, 0.3) is 11.0 Å². The molecule has 0 saturated carbocycles. The highest BCUT2D eigenvalue weighted by molar-refractivity contribution is 5.95. The van der Waals surface area contributed by atoms with Gasteiger partial charge in [0.05, 0.1) is 23.9 Å². The van der Waals surface area contributed by atoms with Crippen LogP contribution in [0.15, 0.2) is 54.9 Å². The van der Waals surface area contributed by atoms with Crippen LogP contribution in [0.2, 0.25) is 0 Å². The van der Waals surface area contributed by atoms with Crippen LogP contribution < -0.4 is 4.74 Å². The van der Waals surface area contributed by atoms with Crippen molar-refractivity contribution >= 4 is 16.8 Å². The molecule has 0 unspecified atom stereocenters. The van der Waals surface area contributed by atoms with Crippen LogP contribution in [0, 0.1) is 0 Å². The molecule has 0 aliphatic carbocycles. The monoisotopic (exact) mass is 324 g/mol. The number of hydrogen-bond donors (Lipinski definition) is 1. The van der Waals surface area contributed by atoms with Crippen LogP contribution in [0.3, 0.4) is 0 Å². The first-order valence-corrected chi connectivity index (χ1v) is 8.01. The average Bonchev–Trinajstić information content (AvgIpc) is 3.03. The lowest BCUT2D eigenvalue weighted by Gasteiger charge is -2.13. The Labute approximate surface area is 140 Å². The summed E-state index contributed by atoms with van der Waals surface area (Å²) in [6.07, 6.45) is 1.55. The second kappa shape index (κ2) is 7.27. The molecule has 124 valence electrons. The minimum absolute atomic E-state index is 0.105. The quantitative estimate of drug-likeness (QED) is 0.678. The Kier molecular flexibility index (Phi) is 4.91. The van der Waals surface area contributed by atoms with E-state index in [0.29, 0.717) is 24.3 Å². The molecule has 1 aromatic heterocycles. The summed E-state index contributed by atoms with van der Waals surface area (Å²) >= 11 is 0. The first-order chi connectivity index (χ1) is 11.7. The van der Waals surface area contributed by atoms with Crippen molar-refractivity contribution in [1.82, 2.24) is 9.55 Å². The molecule has 1 atom stereocenters. The van der Waals surface area contributed by atoms with Gasteiger partial charge in [0, 0.05) is 12.0 Å². The maximum atomic E-state index is 11.6. The summed E-state index contributed by atoms with van der Waals surface area (Å²) in [5.41, 5.74) is 2.57. The number of ether oxygens (including phenoxy) is 1. The number of carbonyl (C=O) groups excluding carboxylic acids is 1. The van der Waals surface area contributed by atoms with E-state index in [0.717, 1.165) is 11.0 Å². The molecule has 1 N–H and O–H groups in total. The molecular weight excluding hydrogens is 304 g/mol. The lowest BCUT2D eigenvalue weighted by molar-refractivity contribution is 0.0932. The maximum absolute atomic E-state index is 11.6. The number of aromatic nitrogens is 2. The molecule has 5 heteroatoms. The molecule has 3 rings (SSSR count). The number of imidazole rings is 1. The predicted octanol–water partition coefficient (Wildman–Crippen LogP) is 3.07. The minimum atomic E-state index is -0.653. The number of carbonyl (C=O) groups is 1. The van der Waals surface area contributed by atoms with Crippen molar-refractivity contribution < 1.29 is 14.6 Å². The average molecular weight is 324 g/mol. The van der Waals surface area contributed by atoms with Crippen molar-refractivity contribution in [1.29, 1.82) is 0 Å². The number of benzene rings is 2. The molecule has 3 aromatic rings. The summed E-state index contributed by atoms with van der Waals surface area (Å²) in [6.45, 7) is 2.42. The number of aliphatic hydroxyl groups excluding tert-OH is 1. The number of aliphatic hydroxyl groups is 1. The maximum Gasteiger partial charge on any atom is 0.162 e. The van der Waals surface area contributed by atoms with E-state index in [2.05, 4.69) is 4.98 Å². The first kappa shape index (κ1) is 16.2. The Morgan fingerprint density at radius 2 is 1.96 bits per heavy atom. The molecular formula is C19H20N2O3. The molecule has 0 aliphatic heterocycles. The van der Waals surface area contributed by atoms with Crippen molar-refractivity contribution in [3.05, 3.63) is 60.4 Å². The van der Waals surface area contributed by atoms with Gasteiger partial charge in [-0.1, -0.05) is 19.1 Å². The van der Waals surface area contributed by atoms with Gasteiger partial charge in [0.1, 0.15) is 18.5 Å². The number of fused-ring (bicyclic) bond motifs is 1. The van der Waals surface area contributed by atoms with E-state index >= 15 is 0 Å². The molecule has 0 bridgehead atoms. The second-order valence-corrected chi connectivity index (χ2v) is 5.65. The van der Waals surface area contributed by atoms with E-state index in [1.807, 2.05) is 35.8 Å². The molecule has 0 saturated heterocycles. The van der Waals surface area contributed by atoms with E-state index in [1.54, 1.807) is 30.6 Å². The van der Waals surface area contributed by atoms with Gasteiger partial charge in [0.15, 0.2) is 5.78 Å². The van der Waals surface area contributed by atoms with Gasteiger partial charge in [-0.3, -0.25) is 4.79 Å². The van der Waals surface area contributed by atoms with Crippen LogP contribution in [-0.2, 0) is 6.54 Å². The Hall–Kier alpha value is -2.66. The highest BCUT2D eigenvalue weighted by Gasteiger charge is 2.10. The van der Waals surface area contributed by atoms with E-state index in [4.69, 9.17) is 4.74 Å². The van der Waals surface area contributed by atoms with Crippen molar-refractivity contribution in [2.75, 3.05) is 6.61 Å². The summed E-state index contributed by atoms with van der Waals surface area (Å²) in [5.74, 6) is 0.741. The van der Waals surface area contributed by atoms with Crippen LogP contribution >= 0.6 is 0 Å². The largest absolute Gasteiger partial charge is 0.491 e. The minimum Gasteiger partial charge on any atom is -0.491 e. The fourth-order valence-electron chi connectivity index (χ4n) is 2.57. The first-order valence-electron chi connectivity index (χ1n) is 8.01. The third kappa shape index (κ3) is 3.63. The summed E-state index contributed by atoms with van der Waals surface area (Å²) in [4.78, 5) is 15.9. The van der Waals surface area contributed by atoms with Gasteiger partial charge in [-0.15, -0.1) is 0 Å². The van der Waals surface area contributed by atoms with Crippen molar-refractivity contribution in [3.63, 3.8) is 0 Å². The number of para-hydroxylation sites is 2. The zero-order valence-corrected chi connectivity index (χ0v) is 13.6. The third-order valence-corrected chi connectivity index (χ3v) is 3.87. The second-order valence-electron chi connectivity index (χ2n) is 5.65. The third-order valence-electron chi connectivity index (χ3n) is 3.87. The van der Waals surface area contributed by atoms with E-state index in [9.17, 15) is 9.90 Å². The number of ketones is 1. The van der Waals surface area contributed by atoms with Crippen LogP contribution in [-0.4, -0.2) is 33.2 Å². The number of nitrogens with zero attached hydrogens (tertiary/aromatic N) is 2. The van der Waals surface area contributed by atoms with Crippen molar-refractivity contribution in [2.45, 2.75) is 26.0 Å². The van der Waals surface area contributed by atoms with E-state index in [-0.39, 0.29) is 12.4 Å². The molecule has 0 aliphatic rings. The summed E-state index contributed by atoms with van der Waals surface area (Å²) < 4.78 is 7.51. The molecule has 5 nitrogen and oxygen atoms in total. The molecule has 24 heavy (non-hydrogen) atoms. The molecule has 0 radical (unpaired) electrons. The molecule has 0 amide bonds. The van der Waals surface area contributed by atoms with Crippen molar-refractivity contribution in [2.24, 2.45) is 0 Å². The SMILES string of the molecule is CCC(=O)c1ccc(OC[C@@H](O)Cn2cnc3ccccc32)cc1. The van der Waals surface area contributed by atoms with Gasteiger partial charge in [-0.25, -0.2) is 4.98 Å². The fourth-order valence-corrected chi connectivity index (χ4v) is 2.57. The lowest BCUT2D eigenvalue weighted by Crippen LogP contribution is -2.23. The number of rotatable bonds is 7.